The van der Waals surface area contributed by atoms with Gasteiger partial charge in [0.1, 0.15) is 0 Å². The highest BCUT2D eigenvalue weighted by Crippen LogP contribution is 2.19. The summed E-state index contributed by atoms with van der Waals surface area (Å²) < 4.78 is 4.89. The Kier molecular flexibility index (Phi) is 7.90. The van der Waals surface area contributed by atoms with Crippen LogP contribution in [0.4, 0.5) is 4.79 Å². The molecular weight excluding hydrogens is 322 g/mol. The molecule has 0 saturated heterocycles. The first-order valence-corrected chi connectivity index (χ1v) is 7.54. The van der Waals surface area contributed by atoms with Crippen LogP contribution in [0.5, 0.6) is 0 Å². The van der Waals surface area contributed by atoms with E-state index in [0.29, 0.717) is 17.1 Å². The molecule has 8 heteroatoms. The van der Waals surface area contributed by atoms with Crippen LogP contribution in [0, 0.1) is 0 Å². The van der Waals surface area contributed by atoms with Crippen LogP contribution in [-0.2, 0) is 14.3 Å². The number of nitrogens with two attached hydrogens (primary N) is 1. The molecule has 0 aliphatic carbocycles. The molecule has 1 aromatic carbocycles. The summed E-state index contributed by atoms with van der Waals surface area (Å²) in [5, 5.41) is 5.58. The van der Waals surface area contributed by atoms with Gasteiger partial charge in [0.15, 0.2) is 6.61 Å². The second-order valence-electron chi connectivity index (χ2n) is 4.83. The van der Waals surface area contributed by atoms with Gasteiger partial charge in [-0.15, -0.1) is 0 Å². The number of ether oxygens (including phenoxy) is 1. The summed E-state index contributed by atoms with van der Waals surface area (Å²) in [7, 11) is 0. The number of benzene rings is 1. The lowest BCUT2D eigenvalue weighted by Gasteiger charge is -2.17. The van der Waals surface area contributed by atoms with E-state index in [1.807, 2.05) is 6.92 Å². The van der Waals surface area contributed by atoms with E-state index in [1.54, 1.807) is 24.3 Å². The third-order valence-corrected chi connectivity index (χ3v) is 3.15. The van der Waals surface area contributed by atoms with Gasteiger partial charge in [-0.2, -0.15) is 0 Å². The molecule has 0 radical (unpaired) electrons. The van der Waals surface area contributed by atoms with Crippen molar-refractivity contribution in [1.29, 1.82) is 0 Å². The standard InChI is InChI=1S/C15H20ClN3O4/c1-2-7-18-13(20)9-23-14(21)8-12(19-15(17)22)10-3-5-11(16)6-4-10/h3-6,12H,2,7-9H2,1H3,(H,18,20)(H3,17,19,22)/t12-/m1/s1. The minimum absolute atomic E-state index is 0.147. The van der Waals surface area contributed by atoms with Crippen molar-refractivity contribution in [2.24, 2.45) is 5.73 Å². The van der Waals surface area contributed by atoms with Crippen molar-refractivity contribution < 1.29 is 19.1 Å². The van der Waals surface area contributed by atoms with E-state index >= 15 is 0 Å². The van der Waals surface area contributed by atoms with Crippen molar-refractivity contribution in [2.45, 2.75) is 25.8 Å². The first kappa shape index (κ1) is 18.8. The molecule has 4 N–H and O–H groups in total. The number of rotatable bonds is 8. The number of esters is 1. The molecule has 0 saturated carbocycles. The van der Waals surface area contributed by atoms with Crippen LogP contribution in [0.3, 0.4) is 0 Å². The predicted octanol–water partition coefficient (Wildman–Crippen LogP) is 1.51. The molecule has 0 aromatic heterocycles. The number of nitrogens with one attached hydrogen (secondary N) is 2. The number of urea groups is 1. The molecule has 1 aromatic rings. The number of carbonyl (C=O) groups excluding carboxylic acids is 3. The first-order chi connectivity index (χ1) is 10.9. The molecule has 3 amide bonds. The van der Waals surface area contributed by atoms with Crippen molar-refractivity contribution >= 4 is 29.5 Å². The van der Waals surface area contributed by atoms with Crippen LogP contribution in [0.25, 0.3) is 0 Å². The Labute approximate surface area is 139 Å². The zero-order valence-corrected chi connectivity index (χ0v) is 13.6. The van der Waals surface area contributed by atoms with E-state index in [-0.39, 0.29) is 18.9 Å². The molecule has 0 aliphatic rings. The zero-order chi connectivity index (χ0) is 17.2. The predicted molar refractivity (Wildman–Crippen MR) is 85.8 cm³/mol. The van der Waals surface area contributed by atoms with Gasteiger partial charge < -0.3 is 21.1 Å². The van der Waals surface area contributed by atoms with Crippen molar-refractivity contribution in [3.05, 3.63) is 34.9 Å². The SMILES string of the molecule is CCCNC(=O)COC(=O)C[C@@H](NC(N)=O)c1ccc(Cl)cc1. The van der Waals surface area contributed by atoms with Gasteiger partial charge in [0.2, 0.25) is 0 Å². The number of carbonyl (C=O) groups is 3. The number of amides is 3. The average molecular weight is 342 g/mol. The Morgan fingerprint density at radius 2 is 1.91 bits per heavy atom. The van der Waals surface area contributed by atoms with Gasteiger partial charge in [0.25, 0.3) is 5.91 Å². The van der Waals surface area contributed by atoms with Crippen molar-refractivity contribution in [3.8, 4) is 0 Å². The summed E-state index contributed by atoms with van der Waals surface area (Å²) in [6.07, 6.45) is 0.645. The second kappa shape index (κ2) is 9.68. The Hall–Kier alpha value is -2.28. The summed E-state index contributed by atoms with van der Waals surface area (Å²) in [5.74, 6) is -0.989. The molecule has 126 valence electrons. The topological polar surface area (TPSA) is 111 Å². The number of hydrogen-bond donors (Lipinski definition) is 3. The summed E-state index contributed by atoms with van der Waals surface area (Å²) in [6, 6.07) is 5.19. The molecule has 0 fully saturated rings. The summed E-state index contributed by atoms with van der Waals surface area (Å²) >= 11 is 5.81. The highest BCUT2D eigenvalue weighted by Gasteiger charge is 2.19. The van der Waals surface area contributed by atoms with Crippen LogP contribution in [0.1, 0.15) is 31.4 Å². The number of primary amides is 1. The number of hydrogen-bond acceptors (Lipinski definition) is 4. The molecule has 0 aliphatic heterocycles. The summed E-state index contributed by atoms with van der Waals surface area (Å²) in [5.41, 5.74) is 5.77. The van der Waals surface area contributed by atoms with E-state index in [0.717, 1.165) is 6.42 Å². The van der Waals surface area contributed by atoms with Crippen LogP contribution < -0.4 is 16.4 Å². The van der Waals surface area contributed by atoms with Gasteiger partial charge in [-0.3, -0.25) is 9.59 Å². The highest BCUT2D eigenvalue weighted by molar-refractivity contribution is 6.30. The van der Waals surface area contributed by atoms with Crippen molar-refractivity contribution in [2.75, 3.05) is 13.2 Å². The fourth-order valence-electron chi connectivity index (χ4n) is 1.81. The Morgan fingerprint density at radius 1 is 1.26 bits per heavy atom. The Bertz CT molecular complexity index is 548. The lowest BCUT2D eigenvalue weighted by molar-refractivity contribution is -0.149. The average Bonchev–Trinajstić information content (AvgIpc) is 2.50. The Morgan fingerprint density at radius 3 is 2.48 bits per heavy atom. The van der Waals surface area contributed by atoms with Gasteiger partial charge in [-0.1, -0.05) is 30.7 Å². The molecule has 7 nitrogen and oxygen atoms in total. The molecule has 1 atom stereocenters. The van der Waals surface area contributed by atoms with Crippen LogP contribution >= 0.6 is 11.6 Å². The van der Waals surface area contributed by atoms with E-state index in [4.69, 9.17) is 22.1 Å². The third-order valence-electron chi connectivity index (χ3n) is 2.90. The van der Waals surface area contributed by atoms with Gasteiger partial charge in [-0.05, 0) is 24.1 Å². The number of halogens is 1. The van der Waals surface area contributed by atoms with E-state index in [1.165, 1.54) is 0 Å². The third kappa shape index (κ3) is 7.51. The highest BCUT2D eigenvalue weighted by atomic mass is 35.5. The summed E-state index contributed by atoms with van der Waals surface area (Å²) in [6.45, 7) is 2.08. The van der Waals surface area contributed by atoms with Gasteiger partial charge in [0, 0.05) is 11.6 Å². The lowest BCUT2D eigenvalue weighted by atomic mass is 10.0. The van der Waals surface area contributed by atoms with Gasteiger partial charge in [-0.25, -0.2) is 4.79 Å². The van der Waals surface area contributed by atoms with Crippen molar-refractivity contribution in [1.82, 2.24) is 10.6 Å². The minimum Gasteiger partial charge on any atom is -0.456 e. The zero-order valence-electron chi connectivity index (χ0n) is 12.8. The van der Waals surface area contributed by atoms with Crippen LogP contribution in [0.2, 0.25) is 5.02 Å². The molecule has 0 unspecified atom stereocenters. The minimum atomic E-state index is -0.765. The largest absolute Gasteiger partial charge is 0.456 e. The Balaban J connectivity index is 2.59. The molecule has 23 heavy (non-hydrogen) atoms. The lowest BCUT2D eigenvalue weighted by Crippen LogP contribution is -2.35. The smallest absolute Gasteiger partial charge is 0.312 e. The quantitative estimate of drug-likeness (QED) is 0.622. The molecule has 1 rings (SSSR count). The molecular formula is C15H20ClN3O4. The fraction of sp³-hybridized carbons (Fsp3) is 0.400. The maximum atomic E-state index is 11.8. The van der Waals surface area contributed by atoms with E-state index in [2.05, 4.69) is 10.6 Å². The van der Waals surface area contributed by atoms with Crippen LogP contribution in [0.15, 0.2) is 24.3 Å². The van der Waals surface area contributed by atoms with Gasteiger partial charge in [0.05, 0.1) is 12.5 Å². The molecule has 0 bridgehead atoms. The van der Waals surface area contributed by atoms with Crippen molar-refractivity contribution in [3.63, 3.8) is 0 Å². The summed E-state index contributed by atoms with van der Waals surface area (Å²) in [4.78, 5) is 34.3. The molecule has 0 heterocycles. The van der Waals surface area contributed by atoms with Gasteiger partial charge >= 0.3 is 12.0 Å². The maximum absolute atomic E-state index is 11.8. The van der Waals surface area contributed by atoms with E-state index < -0.39 is 18.0 Å². The monoisotopic (exact) mass is 341 g/mol. The van der Waals surface area contributed by atoms with Crippen LogP contribution in [-0.4, -0.2) is 31.1 Å². The first-order valence-electron chi connectivity index (χ1n) is 7.16. The molecule has 0 spiro atoms. The normalized spacial score (nSPS) is 11.4. The fourth-order valence-corrected chi connectivity index (χ4v) is 1.93. The second-order valence-corrected chi connectivity index (χ2v) is 5.26. The van der Waals surface area contributed by atoms with E-state index in [9.17, 15) is 14.4 Å². The maximum Gasteiger partial charge on any atom is 0.312 e.